The fourth-order valence-corrected chi connectivity index (χ4v) is 2.79. The molecule has 1 N–H and O–H groups in total. The number of ether oxygens (including phenoxy) is 2. The number of hydrazone groups is 1. The summed E-state index contributed by atoms with van der Waals surface area (Å²) in [5.41, 5.74) is 3.27. The molecule has 0 aliphatic heterocycles. The number of nitrogens with one attached hydrogen (secondary N) is 1. The first-order valence-electron chi connectivity index (χ1n) is 9.24. The van der Waals surface area contributed by atoms with Crippen LogP contribution in [0.4, 0.5) is 0 Å². The third-order valence-electron chi connectivity index (χ3n) is 4.06. The number of hydrogen-bond acceptors (Lipinski definition) is 5. The average Bonchev–Trinajstić information content (AvgIpc) is 2.75. The zero-order chi connectivity index (χ0) is 22.2. The Morgan fingerprint density at radius 3 is 2.45 bits per heavy atom. The van der Waals surface area contributed by atoms with Crippen molar-refractivity contribution in [3.63, 3.8) is 0 Å². The molecule has 0 fully saturated rings. The summed E-state index contributed by atoms with van der Waals surface area (Å²) in [6, 6.07) is 19.9. The van der Waals surface area contributed by atoms with Crippen LogP contribution in [0.3, 0.4) is 0 Å². The van der Waals surface area contributed by atoms with Gasteiger partial charge in [-0.15, -0.1) is 0 Å². The van der Waals surface area contributed by atoms with Crippen molar-refractivity contribution in [3.8, 4) is 11.5 Å². The first-order valence-corrected chi connectivity index (χ1v) is 10.00. The monoisotopic (exact) mass is 456 g/mol. The van der Waals surface area contributed by atoms with Gasteiger partial charge in [-0.2, -0.15) is 5.10 Å². The molecule has 0 spiro atoms. The predicted molar refractivity (Wildman–Crippen MR) is 120 cm³/mol. The van der Waals surface area contributed by atoms with Crippen molar-refractivity contribution < 1.29 is 19.1 Å². The molecule has 0 saturated heterocycles. The number of esters is 1. The molecule has 3 aromatic carbocycles. The normalized spacial score (nSPS) is 11.7. The van der Waals surface area contributed by atoms with Gasteiger partial charge in [0.05, 0.1) is 11.8 Å². The molecule has 6 nitrogen and oxygen atoms in total. The maximum absolute atomic E-state index is 12.3. The Morgan fingerprint density at radius 2 is 1.71 bits per heavy atom. The summed E-state index contributed by atoms with van der Waals surface area (Å²) >= 11 is 11.8. The number of halogens is 2. The van der Waals surface area contributed by atoms with Crippen LogP contribution in [0.25, 0.3) is 0 Å². The summed E-state index contributed by atoms with van der Waals surface area (Å²) in [6.07, 6.45) is 0.586. The molecule has 0 radical (unpaired) electrons. The van der Waals surface area contributed by atoms with E-state index in [1.165, 1.54) is 6.21 Å². The fraction of sp³-hybridized carbons (Fsp3) is 0.0870. The van der Waals surface area contributed by atoms with E-state index >= 15 is 0 Å². The molecule has 3 aromatic rings. The molecule has 3 rings (SSSR count). The summed E-state index contributed by atoms with van der Waals surface area (Å²) < 4.78 is 11.0. The van der Waals surface area contributed by atoms with Gasteiger partial charge in [0, 0.05) is 15.6 Å². The van der Waals surface area contributed by atoms with Gasteiger partial charge in [-0.25, -0.2) is 10.2 Å². The maximum Gasteiger partial charge on any atom is 0.343 e. The number of rotatable bonds is 7. The second-order valence-corrected chi connectivity index (χ2v) is 7.26. The minimum Gasteiger partial charge on any atom is -0.481 e. The van der Waals surface area contributed by atoms with E-state index in [1.54, 1.807) is 79.7 Å². The molecule has 0 heterocycles. The van der Waals surface area contributed by atoms with Crippen LogP contribution in [0.5, 0.6) is 11.5 Å². The summed E-state index contributed by atoms with van der Waals surface area (Å²) in [6.45, 7) is 1.59. The maximum atomic E-state index is 12.3. The van der Waals surface area contributed by atoms with Crippen LogP contribution in [0.15, 0.2) is 77.9 Å². The van der Waals surface area contributed by atoms with Gasteiger partial charge in [-0.3, -0.25) is 4.79 Å². The van der Waals surface area contributed by atoms with E-state index in [-0.39, 0.29) is 0 Å². The SMILES string of the molecule is CC(Oc1cccc(Cl)c1)C(=O)N/N=C/c1ccccc1OC(=O)c1ccc(Cl)cc1. The molecule has 8 heteroatoms. The van der Waals surface area contributed by atoms with Crippen molar-refractivity contribution in [2.45, 2.75) is 13.0 Å². The Bertz CT molecular complexity index is 1100. The van der Waals surface area contributed by atoms with Gasteiger partial charge in [0.1, 0.15) is 11.5 Å². The second kappa shape index (κ2) is 10.6. The number of amides is 1. The molecule has 0 aromatic heterocycles. The van der Waals surface area contributed by atoms with Gasteiger partial charge >= 0.3 is 5.97 Å². The molecule has 0 saturated carbocycles. The van der Waals surface area contributed by atoms with Crippen molar-refractivity contribution in [1.29, 1.82) is 0 Å². The highest BCUT2D eigenvalue weighted by molar-refractivity contribution is 6.31. The highest BCUT2D eigenvalue weighted by Crippen LogP contribution is 2.19. The molecule has 1 amide bonds. The minimum atomic E-state index is -0.798. The third kappa shape index (κ3) is 6.57. The summed E-state index contributed by atoms with van der Waals surface area (Å²) in [7, 11) is 0. The largest absolute Gasteiger partial charge is 0.481 e. The van der Waals surface area contributed by atoms with E-state index in [2.05, 4.69) is 10.5 Å². The van der Waals surface area contributed by atoms with Crippen LogP contribution in [0.2, 0.25) is 10.0 Å². The van der Waals surface area contributed by atoms with E-state index in [9.17, 15) is 9.59 Å². The van der Waals surface area contributed by atoms with Crippen molar-refractivity contribution >= 4 is 41.3 Å². The molecule has 1 unspecified atom stereocenters. The van der Waals surface area contributed by atoms with Crippen molar-refractivity contribution in [1.82, 2.24) is 5.43 Å². The van der Waals surface area contributed by atoms with Crippen molar-refractivity contribution in [3.05, 3.63) is 94.0 Å². The van der Waals surface area contributed by atoms with Crippen LogP contribution in [-0.4, -0.2) is 24.2 Å². The number of benzene rings is 3. The summed E-state index contributed by atoms with van der Waals surface area (Å²) in [5, 5.41) is 4.96. The quantitative estimate of drug-likeness (QED) is 0.231. The Kier molecular flexibility index (Phi) is 7.65. The topological polar surface area (TPSA) is 77.0 Å². The summed E-state index contributed by atoms with van der Waals surface area (Å²) in [4.78, 5) is 24.6. The van der Waals surface area contributed by atoms with Gasteiger partial charge in [-0.05, 0) is 61.5 Å². The number of carbonyl (C=O) groups is 2. The molecule has 0 bridgehead atoms. The van der Waals surface area contributed by atoms with Gasteiger partial charge in [0.2, 0.25) is 0 Å². The first kappa shape index (κ1) is 22.3. The molecule has 31 heavy (non-hydrogen) atoms. The zero-order valence-corrected chi connectivity index (χ0v) is 17.9. The van der Waals surface area contributed by atoms with Crippen LogP contribution < -0.4 is 14.9 Å². The van der Waals surface area contributed by atoms with Gasteiger partial charge in [0.25, 0.3) is 5.91 Å². The predicted octanol–water partition coefficient (Wildman–Crippen LogP) is 5.13. The minimum absolute atomic E-state index is 0.295. The Hall–Kier alpha value is -3.35. The lowest BCUT2D eigenvalue weighted by molar-refractivity contribution is -0.127. The number of hydrogen-bond donors (Lipinski definition) is 1. The number of para-hydroxylation sites is 1. The average molecular weight is 457 g/mol. The Morgan fingerprint density at radius 1 is 0.968 bits per heavy atom. The lowest BCUT2D eigenvalue weighted by atomic mass is 10.2. The highest BCUT2D eigenvalue weighted by Gasteiger charge is 2.14. The zero-order valence-electron chi connectivity index (χ0n) is 16.4. The molecule has 158 valence electrons. The summed E-state index contributed by atoms with van der Waals surface area (Å²) in [5.74, 6) is -0.223. The lowest BCUT2D eigenvalue weighted by Crippen LogP contribution is -2.33. The van der Waals surface area contributed by atoms with Crippen molar-refractivity contribution in [2.75, 3.05) is 0 Å². The van der Waals surface area contributed by atoms with Gasteiger partial charge in [-0.1, -0.05) is 41.4 Å². The van der Waals surface area contributed by atoms with Crippen LogP contribution in [0, 0.1) is 0 Å². The lowest BCUT2D eigenvalue weighted by Gasteiger charge is -2.13. The smallest absolute Gasteiger partial charge is 0.343 e. The molecule has 0 aliphatic rings. The van der Waals surface area contributed by atoms with Crippen LogP contribution in [-0.2, 0) is 4.79 Å². The molecule has 1 atom stereocenters. The van der Waals surface area contributed by atoms with Crippen LogP contribution >= 0.6 is 23.2 Å². The molecular weight excluding hydrogens is 439 g/mol. The van der Waals surface area contributed by atoms with Crippen molar-refractivity contribution in [2.24, 2.45) is 5.10 Å². The number of nitrogens with zero attached hydrogens (tertiary/aromatic N) is 1. The second-order valence-electron chi connectivity index (χ2n) is 6.39. The van der Waals surface area contributed by atoms with E-state index in [0.717, 1.165) is 0 Å². The Labute approximate surface area is 189 Å². The van der Waals surface area contributed by atoms with E-state index in [1.807, 2.05) is 0 Å². The van der Waals surface area contributed by atoms with E-state index < -0.39 is 18.0 Å². The van der Waals surface area contributed by atoms with E-state index in [4.69, 9.17) is 32.7 Å². The van der Waals surface area contributed by atoms with Crippen LogP contribution in [0.1, 0.15) is 22.8 Å². The fourth-order valence-electron chi connectivity index (χ4n) is 2.48. The number of carbonyl (C=O) groups excluding carboxylic acids is 2. The van der Waals surface area contributed by atoms with Gasteiger partial charge < -0.3 is 9.47 Å². The highest BCUT2D eigenvalue weighted by atomic mass is 35.5. The van der Waals surface area contributed by atoms with E-state index in [0.29, 0.717) is 32.7 Å². The third-order valence-corrected chi connectivity index (χ3v) is 4.55. The Balaban J connectivity index is 1.61. The van der Waals surface area contributed by atoms with Gasteiger partial charge in [0.15, 0.2) is 6.10 Å². The first-order chi connectivity index (χ1) is 14.9. The molecule has 0 aliphatic carbocycles. The molecular formula is C23H18Cl2N2O4. The standard InChI is InChI=1S/C23H18Cl2N2O4/c1-15(30-20-7-4-6-19(25)13-20)22(28)27-26-14-17-5-2-3-8-21(17)31-23(29)16-9-11-18(24)12-10-16/h2-15H,1H3,(H,27,28)/b26-14+.